The number of likely N-dealkylation sites (tertiary alicyclic amines) is 1. The SMILES string of the molecule is CC(C#N)CNC1CCC2CC1CN2C(=O)OC(C)(C)C. The van der Waals surface area contributed by atoms with E-state index in [0.29, 0.717) is 18.0 Å². The van der Waals surface area contributed by atoms with E-state index in [2.05, 4.69) is 11.4 Å². The second-order valence-electron chi connectivity index (χ2n) is 7.40. The van der Waals surface area contributed by atoms with Gasteiger partial charge in [-0.25, -0.2) is 4.79 Å². The normalized spacial score (nSPS) is 29.9. The summed E-state index contributed by atoms with van der Waals surface area (Å²) in [6.07, 6.45) is 2.97. The number of hydrogen-bond donors (Lipinski definition) is 1. The molecule has 0 aromatic rings. The molecular formula is C16H27N3O2. The predicted octanol–water partition coefficient (Wildman–Crippen LogP) is 2.52. The lowest BCUT2D eigenvalue weighted by molar-refractivity contribution is 0.0223. The summed E-state index contributed by atoms with van der Waals surface area (Å²) in [5.41, 5.74) is -0.437. The number of ether oxygens (including phenoxy) is 1. The molecule has 2 bridgehead atoms. The highest BCUT2D eigenvalue weighted by Crippen LogP contribution is 2.36. The third kappa shape index (κ3) is 4.10. The predicted molar refractivity (Wildman–Crippen MR) is 80.6 cm³/mol. The van der Waals surface area contributed by atoms with Gasteiger partial charge in [0.1, 0.15) is 5.60 Å². The first-order valence-corrected chi connectivity index (χ1v) is 7.93. The number of rotatable bonds is 3. The van der Waals surface area contributed by atoms with E-state index in [-0.39, 0.29) is 12.0 Å². The molecule has 2 rings (SSSR count). The van der Waals surface area contributed by atoms with E-state index in [9.17, 15) is 4.79 Å². The number of nitrogens with one attached hydrogen (secondary N) is 1. The van der Waals surface area contributed by atoms with Crippen molar-refractivity contribution in [1.82, 2.24) is 10.2 Å². The van der Waals surface area contributed by atoms with Gasteiger partial charge in [-0.2, -0.15) is 5.26 Å². The van der Waals surface area contributed by atoms with Crippen LogP contribution in [0.15, 0.2) is 0 Å². The van der Waals surface area contributed by atoms with E-state index in [0.717, 1.165) is 32.4 Å². The average Bonchev–Trinajstić information content (AvgIpc) is 2.74. The maximum absolute atomic E-state index is 12.3. The molecule has 2 aliphatic rings. The van der Waals surface area contributed by atoms with Crippen LogP contribution >= 0.6 is 0 Å². The number of amides is 1. The molecule has 1 heterocycles. The molecule has 21 heavy (non-hydrogen) atoms. The van der Waals surface area contributed by atoms with E-state index in [1.165, 1.54) is 0 Å². The highest BCUT2D eigenvalue weighted by atomic mass is 16.6. The van der Waals surface area contributed by atoms with Crippen LogP contribution in [0.5, 0.6) is 0 Å². The van der Waals surface area contributed by atoms with Crippen molar-refractivity contribution in [2.24, 2.45) is 11.8 Å². The minimum Gasteiger partial charge on any atom is -0.444 e. The fourth-order valence-corrected chi connectivity index (χ4v) is 3.31. The molecule has 0 spiro atoms. The fourth-order valence-electron chi connectivity index (χ4n) is 3.31. The van der Waals surface area contributed by atoms with Gasteiger partial charge < -0.3 is 15.0 Å². The van der Waals surface area contributed by atoms with Crippen LogP contribution in [0.2, 0.25) is 0 Å². The molecular weight excluding hydrogens is 266 g/mol. The Labute approximate surface area is 127 Å². The summed E-state index contributed by atoms with van der Waals surface area (Å²) < 4.78 is 5.50. The number of nitriles is 1. The molecule has 1 amide bonds. The van der Waals surface area contributed by atoms with Crippen LogP contribution in [-0.2, 0) is 4.74 Å². The molecule has 0 radical (unpaired) electrons. The summed E-state index contributed by atoms with van der Waals surface area (Å²) in [6, 6.07) is 3.00. The van der Waals surface area contributed by atoms with E-state index in [1.54, 1.807) is 0 Å². The molecule has 1 N–H and O–H groups in total. The van der Waals surface area contributed by atoms with Crippen LogP contribution in [0.3, 0.4) is 0 Å². The van der Waals surface area contributed by atoms with Crippen molar-refractivity contribution >= 4 is 6.09 Å². The van der Waals surface area contributed by atoms with Gasteiger partial charge in [0, 0.05) is 25.2 Å². The molecule has 1 saturated carbocycles. The molecule has 118 valence electrons. The molecule has 5 nitrogen and oxygen atoms in total. The zero-order valence-corrected chi connectivity index (χ0v) is 13.6. The Balaban J connectivity index is 1.89. The molecule has 1 aliphatic carbocycles. The van der Waals surface area contributed by atoms with Gasteiger partial charge in [-0.05, 0) is 52.9 Å². The smallest absolute Gasteiger partial charge is 0.410 e. The first kappa shape index (κ1) is 16.1. The summed E-state index contributed by atoms with van der Waals surface area (Å²) >= 11 is 0. The van der Waals surface area contributed by atoms with Gasteiger partial charge in [0.05, 0.1) is 12.0 Å². The quantitative estimate of drug-likeness (QED) is 0.868. The standard InChI is InChI=1S/C16H27N3O2/c1-11(8-17)9-18-14-6-5-13-7-12(14)10-19(13)15(20)21-16(2,3)4/h11-14,18H,5-7,9-10H2,1-4H3. The maximum Gasteiger partial charge on any atom is 0.410 e. The maximum atomic E-state index is 12.3. The van der Waals surface area contributed by atoms with Gasteiger partial charge in [0.15, 0.2) is 0 Å². The number of nitrogens with zero attached hydrogens (tertiary/aromatic N) is 2. The van der Waals surface area contributed by atoms with Crippen LogP contribution < -0.4 is 5.32 Å². The van der Waals surface area contributed by atoms with Crippen molar-refractivity contribution < 1.29 is 9.53 Å². The van der Waals surface area contributed by atoms with Crippen molar-refractivity contribution in [2.45, 2.75) is 64.6 Å². The Kier molecular flexibility index (Phi) is 4.77. The number of fused-ring (bicyclic) bond motifs is 2. The Bertz CT molecular complexity index is 424. The lowest BCUT2D eigenvalue weighted by atomic mass is 9.85. The average molecular weight is 293 g/mol. The third-order valence-corrected chi connectivity index (χ3v) is 4.36. The molecule has 1 aliphatic heterocycles. The summed E-state index contributed by atoms with van der Waals surface area (Å²) in [4.78, 5) is 14.2. The summed E-state index contributed by atoms with van der Waals surface area (Å²) in [5, 5.41) is 12.4. The van der Waals surface area contributed by atoms with Gasteiger partial charge in [0.25, 0.3) is 0 Å². The van der Waals surface area contributed by atoms with Crippen LogP contribution in [0.1, 0.15) is 47.0 Å². The van der Waals surface area contributed by atoms with Gasteiger partial charge >= 0.3 is 6.09 Å². The molecule has 4 atom stereocenters. The largest absolute Gasteiger partial charge is 0.444 e. The molecule has 5 heteroatoms. The Morgan fingerprint density at radius 1 is 1.48 bits per heavy atom. The highest BCUT2D eigenvalue weighted by molar-refractivity contribution is 5.69. The summed E-state index contributed by atoms with van der Waals surface area (Å²) in [7, 11) is 0. The van der Waals surface area contributed by atoms with Crippen molar-refractivity contribution in [3.05, 3.63) is 0 Å². The number of carbonyl (C=O) groups excluding carboxylic acids is 1. The van der Waals surface area contributed by atoms with Gasteiger partial charge in [0.2, 0.25) is 0 Å². The first-order valence-electron chi connectivity index (χ1n) is 7.93. The van der Waals surface area contributed by atoms with E-state index >= 15 is 0 Å². The van der Waals surface area contributed by atoms with E-state index in [1.807, 2.05) is 32.6 Å². The number of hydrogen-bond acceptors (Lipinski definition) is 4. The van der Waals surface area contributed by atoms with Crippen LogP contribution in [0.25, 0.3) is 0 Å². The zero-order chi connectivity index (χ0) is 15.6. The second-order valence-corrected chi connectivity index (χ2v) is 7.40. The second kappa shape index (κ2) is 6.23. The number of carbonyl (C=O) groups is 1. The zero-order valence-electron chi connectivity index (χ0n) is 13.6. The van der Waals surface area contributed by atoms with Gasteiger partial charge in [-0.3, -0.25) is 0 Å². The van der Waals surface area contributed by atoms with Crippen LogP contribution in [-0.4, -0.2) is 41.8 Å². The molecule has 1 saturated heterocycles. The monoisotopic (exact) mass is 293 g/mol. The van der Waals surface area contributed by atoms with Gasteiger partial charge in [-0.1, -0.05) is 0 Å². The third-order valence-electron chi connectivity index (χ3n) is 4.36. The Hall–Kier alpha value is -1.28. The van der Waals surface area contributed by atoms with Gasteiger partial charge in [-0.15, -0.1) is 0 Å². The fraction of sp³-hybridized carbons (Fsp3) is 0.875. The molecule has 0 aromatic heterocycles. The van der Waals surface area contributed by atoms with Crippen molar-refractivity contribution in [3.63, 3.8) is 0 Å². The first-order chi connectivity index (χ1) is 9.80. The van der Waals surface area contributed by atoms with Crippen molar-refractivity contribution in [1.29, 1.82) is 5.26 Å². The Morgan fingerprint density at radius 2 is 2.19 bits per heavy atom. The summed E-state index contributed by atoms with van der Waals surface area (Å²) in [5.74, 6) is 0.522. The minimum atomic E-state index is -0.437. The molecule has 0 aromatic carbocycles. The van der Waals surface area contributed by atoms with Crippen molar-refractivity contribution in [2.75, 3.05) is 13.1 Å². The van der Waals surface area contributed by atoms with Crippen LogP contribution in [0, 0.1) is 23.2 Å². The topological polar surface area (TPSA) is 65.4 Å². The Morgan fingerprint density at radius 3 is 2.81 bits per heavy atom. The summed E-state index contributed by atoms with van der Waals surface area (Å²) in [6.45, 7) is 9.15. The molecule has 2 fully saturated rings. The van der Waals surface area contributed by atoms with E-state index < -0.39 is 5.60 Å². The lowest BCUT2D eigenvalue weighted by Crippen LogP contribution is -2.41. The lowest BCUT2D eigenvalue weighted by Gasteiger charge is -2.30. The van der Waals surface area contributed by atoms with Crippen LogP contribution in [0.4, 0.5) is 4.79 Å². The van der Waals surface area contributed by atoms with E-state index in [4.69, 9.17) is 10.00 Å². The van der Waals surface area contributed by atoms with Crippen molar-refractivity contribution in [3.8, 4) is 6.07 Å². The molecule has 4 unspecified atom stereocenters. The highest BCUT2D eigenvalue weighted by Gasteiger charge is 2.43. The minimum absolute atomic E-state index is 0.0334.